The number of hydrogen-bond donors (Lipinski definition) is 1. The minimum absolute atomic E-state index is 0.372. The summed E-state index contributed by atoms with van der Waals surface area (Å²) in [7, 11) is 2.83. The number of pyridine rings is 1. The first-order valence-electron chi connectivity index (χ1n) is 6.53. The van der Waals surface area contributed by atoms with Crippen molar-refractivity contribution in [2.24, 2.45) is 0 Å². The predicted molar refractivity (Wildman–Crippen MR) is 80.6 cm³/mol. The number of carbonyl (C=O) groups excluding carboxylic acids is 1. The van der Waals surface area contributed by atoms with E-state index in [9.17, 15) is 4.79 Å². The first kappa shape index (κ1) is 15.3. The average molecular weight is 297 g/mol. The number of hydrogen-bond acceptors (Lipinski definition) is 6. The number of aromatic nitrogens is 1. The standard InChI is InChI=1S/C16H15N3O3/c1-21-14-5-3-11(7-13(14)16(20)22-2)9-18-15-6-4-12(8-17)10-19-15/h3-7,10H,9H2,1-2H3,(H,18,19). The van der Waals surface area contributed by atoms with Gasteiger partial charge in [-0.3, -0.25) is 0 Å². The first-order valence-corrected chi connectivity index (χ1v) is 6.53. The topological polar surface area (TPSA) is 84.2 Å². The van der Waals surface area contributed by atoms with E-state index in [1.807, 2.05) is 12.1 Å². The number of anilines is 1. The van der Waals surface area contributed by atoms with E-state index in [1.54, 1.807) is 24.3 Å². The minimum atomic E-state index is -0.449. The molecule has 0 radical (unpaired) electrons. The van der Waals surface area contributed by atoms with Gasteiger partial charge in [-0.25, -0.2) is 9.78 Å². The molecule has 1 aromatic carbocycles. The highest BCUT2D eigenvalue weighted by Gasteiger charge is 2.13. The Hall–Kier alpha value is -3.07. The molecule has 22 heavy (non-hydrogen) atoms. The Labute approximate surface area is 128 Å². The molecule has 1 aromatic heterocycles. The van der Waals surface area contributed by atoms with Crippen molar-refractivity contribution in [1.29, 1.82) is 5.26 Å². The number of rotatable bonds is 5. The van der Waals surface area contributed by atoms with Crippen LogP contribution in [0.4, 0.5) is 5.82 Å². The molecule has 112 valence electrons. The van der Waals surface area contributed by atoms with Gasteiger partial charge in [-0.2, -0.15) is 5.26 Å². The third-order valence-corrected chi connectivity index (χ3v) is 3.04. The molecule has 0 saturated heterocycles. The van der Waals surface area contributed by atoms with Crippen molar-refractivity contribution in [3.8, 4) is 11.8 Å². The third kappa shape index (κ3) is 3.52. The van der Waals surface area contributed by atoms with Crippen LogP contribution in [0.5, 0.6) is 5.75 Å². The van der Waals surface area contributed by atoms with Gasteiger partial charge in [0.05, 0.1) is 19.8 Å². The fraction of sp³-hybridized carbons (Fsp3) is 0.188. The Bertz CT molecular complexity index is 706. The highest BCUT2D eigenvalue weighted by molar-refractivity contribution is 5.92. The largest absolute Gasteiger partial charge is 0.496 e. The van der Waals surface area contributed by atoms with Crippen LogP contribution in [0.1, 0.15) is 21.5 Å². The lowest BCUT2D eigenvalue weighted by Gasteiger charge is -2.10. The molecule has 0 fully saturated rings. The van der Waals surface area contributed by atoms with Crippen molar-refractivity contribution >= 4 is 11.8 Å². The molecule has 0 aliphatic rings. The van der Waals surface area contributed by atoms with Crippen LogP contribution in [0.15, 0.2) is 36.5 Å². The molecule has 2 aromatic rings. The summed E-state index contributed by atoms with van der Waals surface area (Å²) < 4.78 is 9.89. The zero-order valence-electron chi connectivity index (χ0n) is 12.3. The van der Waals surface area contributed by atoms with Crippen LogP contribution in [-0.4, -0.2) is 25.2 Å². The number of methoxy groups -OCH3 is 2. The van der Waals surface area contributed by atoms with Crippen molar-refractivity contribution < 1.29 is 14.3 Å². The van der Waals surface area contributed by atoms with Gasteiger partial charge in [-0.1, -0.05) is 6.07 Å². The van der Waals surface area contributed by atoms with E-state index in [-0.39, 0.29) is 0 Å². The molecule has 6 nitrogen and oxygen atoms in total. The molecule has 1 heterocycles. The van der Waals surface area contributed by atoms with Gasteiger partial charge in [0.1, 0.15) is 23.2 Å². The van der Waals surface area contributed by atoms with Crippen LogP contribution in [0.25, 0.3) is 0 Å². The summed E-state index contributed by atoms with van der Waals surface area (Å²) in [5.41, 5.74) is 1.76. The predicted octanol–water partition coefficient (Wildman–Crippen LogP) is 2.36. The van der Waals surface area contributed by atoms with Crippen LogP contribution in [-0.2, 0) is 11.3 Å². The van der Waals surface area contributed by atoms with Gasteiger partial charge in [0.15, 0.2) is 0 Å². The highest BCUT2D eigenvalue weighted by atomic mass is 16.5. The normalized spacial score (nSPS) is 9.68. The molecular weight excluding hydrogens is 282 g/mol. The molecule has 1 N–H and O–H groups in total. The van der Waals surface area contributed by atoms with E-state index in [1.165, 1.54) is 20.4 Å². The second-order valence-corrected chi connectivity index (χ2v) is 4.42. The van der Waals surface area contributed by atoms with Crippen LogP contribution >= 0.6 is 0 Å². The van der Waals surface area contributed by atoms with E-state index in [2.05, 4.69) is 10.3 Å². The van der Waals surface area contributed by atoms with Crippen LogP contribution in [0, 0.1) is 11.3 Å². The molecule has 0 spiro atoms. The fourth-order valence-electron chi connectivity index (χ4n) is 1.89. The third-order valence-electron chi connectivity index (χ3n) is 3.04. The molecular formula is C16H15N3O3. The van der Waals surface area contributed by atoms with Gasteiger partial charge in [0.25, 0.3) is 0 Å². The Morgan fingerprint density at radius 2 is 2.14 bits per heavy atom. The molecule has 0 bridgehead atoms. The van der Waals surface area contributed by atoms with Crippen molar-refractivity contribution in [3.05, 3.63) is 53.2 Å². The van der Waals surface area contributed by atoms with E-state index in [0.29, 0.717) is 29.2 Å². The lowest BCUT2D eigenvalue weighted by atomic mass is 10.1. The van der Waals surface area contributed by atoms with Crippen molar-refractivity contribution in [2.75, 3.05) is 19.5 Å². The Morgan fingerprint density at radius 3 is 2.73 bits per heavy atom. The zero-order valence-corrected chi connectivity index (χ0v) is 12.3. The number of carbonyl (C=O) groups is 1. The maximum Gasteiger partial charge on any atom is 0.341 e. The Balaban J connectivity index is 2.12. The van der Waals surface area contributed by atoms with E-state index in [0.717, 1.165) is 5.56 Å². The van der Waals surface area contributed by atoms with Gasteiger partial charge in [-0.05, 0) is 29.8 Å². The molecule has 0 saturated carbocycles. The van der Waals surface area contributed by atoms with E-state index in [4.69, 9.17) is 14.7 Å². The summed E-state index contributed by atoms with van der Waals surface area (Å²) in [6.07, 6.45) is 1.50. The summed E-state index contributed by atoms with van der Waals surface area (Å²) in [6, 6.07) is 10.7. The number of nitriles is 1. The monoisotopic (exact) mass is 297 g/mol. The molecule has 0 aliphatic heterocycles. The van der Waals surface area contributed by atoms with Crippen LogP contribution < -0.4 is 10.1 Å². The van der Waals surface area contributed by atoms with Gasteiger partial charge in [-0.15, -0.1) is 0 Å². The summed E-state index contributed by atoms with van der Waals surface area (Å²) in [5, 5.41) is 11.8. The summed E-state index contributed by atoms with van der Waals surface area (Å²) in [5.74, 6) is 0.664. The second kappa shape index (κ2) is 7.09. The fourth-order valence-corrected chi connectivity index (χ4v) is 1.89. The van der Waals surface area contributed by atoms with Gasteiger partial charge < -0.3 is 14.8 Å². The second-order valence-electron chi connectivity index (χ2n) is 4.42. The number of ether oxygens (including phenoxy) is 2. The van der Waals surface area contributed by atoms with Crippen molar-refractivity contribution in [1.82, 2.24) is 4.98 Å². The van der Waals surface area contributed by atoms with Gasteiger partial charge in [0.2, 0.25) is 0 Å². The summed E-state index contributed by atoms with van der Waals surface area (Å²) >= 11 is 0. The summed E-state index contributed by atoms with van der Waals surface area (Å²) in [6.45, 7) is 0.479. The zero-order chi connectivity index (χ0) is 15.9. The number of esters is 1. The quantitative estimate of drug-likeness (QED) is 0.853. The lowest BCUT2D eigenvalue weighted by Crippen LogP contribution is -2.07. The maximum absolute atomic E-state index is 11.7. The van der Waals surface area contributed by atoms with Crippen molar-refractivity contribution in [3.63, 3.8) is 0 Å². The maximum atomic E-state index is 11.7. The van der Waals surface area contributed by atoms with Gasteiger partial charge in [0, 0.05) is 12.7 Å². The molecule has 0 atom stereocenters. The number of nitrogens with one attached hydrogen (secondary N) is 1. The SMILES string of the molecule is COC(=O)c1cc(CNc2ccc(C#N)cn2)ccc1OC. The lowest BCUT2D eigenvalue weighted by molar-refractivity contribution is 0.0597. The highest BCUT2D eigenvalue weighted by Crippen LogP contribution is 2.21. The van der Waals surface area contributed by atoms with E-state index < -0.39 is 5.97 Å². The van der Waals surface area contributed by atoms with Gasteiger partial charge >= 0.3 is 5.97 Å². The Morgan fingerprint density at radius 1 is 1.32 bits per heavy atom. The van der Waals surface area contributed by atoms with E-state index >= 15 is 0 Å². The number of benzene rings is 1. The molecule has 0 amide bonds. The Kier molecular flexibility index (Phi) is 4.94. The average Bonchev–Trinajstić information content (AvgIpc) is 2.59. The van der Waals surface area contributed by atoms with Crippen LogP contribution in [0.2, 0.25) is 0 Å². The molecule has 0 unspecified atom stereocenters. The smallest absolute Gasteiger partial charge is 0.341 e. The molecule has 6 heteroatoms. The summed E-state index contributed by atoms with van der Waals surface area (Å²) in [4.78, 5) is 15.8. The first-order chi connectivity index (χ1) is 10.7. The number of nitrogens with zero attached hydrogens (tertiary/aromatic N) is 2. The molecule has 2 rings (SSSR count). The van der Waals surface area contributed by atoms with Crippen molar-refractivity contribution in [2.45, 2.75) is 6.54 Å². The van der Waals surface area contributed by atoms with Crippen LogP contribution in [0.3, 0.4) is 0 Å². The molecule has 0 aliphatic carbocycles. The minimum Gasteiger partial charge on any atom is -0.496 e.